The Hall–Kier alpha value is -4.73. The summed E-state index contributed by atoms with van der Waals surface area (Å²) in [6, 6.07) is 24.4. The lowest BCUT2D eigenvalue weighted by atomic mass is 9.83. The molecule has 1 aliphatic heterocycles. The fraction of sp³-hybridized carbons (Fsp3) is 0.172. The number of aromatic nitrogens is 1. The van der Waals surface area contributed by atoms with Crippen molar-refractivity contribution in [2.24, 2.45) is 5.73 Å². The zero-order valence-corrected chi connectivity index (χ0v) is 21.6. The van der Waals surface area contributed by atoms with Gasteiger partial charge in [-0.2, -0.15) is 10.5 Å². The highest BCUT2D eigenvalue weighted by Gasteiger charge is 2.37. The number of allylic oxidation sites excluding steroid dienone is 1. The number of carbonyl (C=O) groups is 1. The van der Waals surface area contributed by atoms with Gasteiger partial charge in [0.15, 0.2) is 0 Å². The molecule has 2 N–H and O–H groups in total. The Morgan fingerprint density at radius 1 is 1.08 bits per heavy atom. The van der Waals surface area contributed by atoms with E-state index in [1.54, 1.807) is 50.4 Å². The SMILES string of the molecule is CCOC(=O)C1=C(CSc2nc(-c3ccccc3)ccc2C#N)OC(N)=C(C#N)[C@H]1c1ccc(OC)cc1. The minimum Gasteiger partial charge on any atom is -0.497 e. The highest BCUT2D eigenvalue weighted by Crippen LogP contribution is 2.41. The molecule has 2 aromatic carbocycles. The molecule has 1 aliphatic rings. The highest BCUT2D eigenvalue weighted by atomic mass is 32.2. The number of carbonyl (C=O) groups excluding carboxylic acids is 1. The number of methoxy groups -OCH3 is 1. The quantitative estimate of drug-likeness (QED) is 0.318. The van der Waals surface area contributed by atoms with Gasteiger partial charge in [0.05, 0.1) is 42.2 Å². The molecule has 0 bridgehead atoms. The average molecular weight is 525 g/mol. The number of rotatable bonds is 8. The van der Waals surface area contributed by atoms with Crippen LogP contribution in [0.1, 0.15) is 24.0 Å². The molecule has 0 unspecified atom stereocenters. The van der Waals surface area contributed by atoms with Crippen molar-refractivity contribution >= 4 is 17.7 Å². The number of esters is 1. The van der Waals surface area contributed by atoms with Crippen molar-refractivity contribution in [1.82, 2.24) is 4.98 Å². The first-order valence-electron chi connectivity index (χ1n) is 11.7. The van der Waals surface area contributed by atoms with Gasteiger partial charge in [0.2, 0.25) is 5.88 Å². The van der Waals surface area contributed by atoms with E-state index in [2.05, 4.69) is 17.1 Å². The zero-order chi connectivity index (χ0) is 27.1. The average Bonchev–Trinajstić information content (AvgIpc) is 2.96. The standard InChI is InChI=1S/C29H24N4O4S/c1-3-36-29(34)26-24(37-27(32)22(16-31)25(26)19-9-12-21(35-2)13-10-19)17-38-28-20(15-30)11-14-23(33-28)18-7-5-4-6-8-18/h4-14,25H,3,17,32H2,1-2H3/t25-/m1/s1. The van der Waals surface area contributed by atoms with Crippen LogP contribution in [0.3, 0.4) is 0 Å². The van der Waals surface area contributed by atoms with Crippen molar-refractivity contribution in [2.75, 3.05) is 19.5 Å². The lowest BCUT2D eigenvalue weighted by molar-refractivity contribution is -0.139. The number of hydrogen-bond acceptors (Lipinski definition) is 9. The molecule has 0 aliphatic carbocycles. The molecule has 38 heavy (non-hydrogen) atoms. The molecule has 9 heteroatoms. The molecule has 0 spiro atoms. The second kappa shape index (κ2) is 12.0. The summed E-state index contributed by atoms with van der Waals surface area (Å²) in [7, 11) is 1.55. The van der Waals surface area contributed by atoms with E-state index in [1.807, 2.05) is 30.3 Å². The number of nitrogens with two attached hydrogens (primary N) is 1. The van der Waals surface area contributed by atoms with E-state index >= 15 is 0 Å². The number of ether oxygens (including phenoxy) is 3. The lowest BCUT2D eigenvalue weighted by Crippen LogP contribution is -2.27. The molecule has 1 aromatic heterocycles. The third-order valence-corrected chi connectivity index (χ3v) is 6.82. The number of benzene rings is 2. The summed E-state index contributed by atoms with van der Waals surface area (Å²) in [5.74, 6) is -0.517. The number of nitriles is 2. The Labute approximate surface area is 225 Å². The summed E-state index contributed by atoms with van der Waals surface area (Å²) in [6.07, 6.45) is 0. The van der Waals surface area contributed by atoms with Gasteiger partial charge in [-0.3, -0.25) is 0 Å². The molecule has 1 atom stereocenters. The molecule has 0 saturated heterocycles. The predicted octanol–water partition coefficient (Wildman–Crippen LogP) is 5.05. The molecular weight excluding hydrogens is 500 g/mol. The summed E-state index contributed by atoms with van der Waals surface area (Å²) < 4.78 is 16.4. The summed E-state index contributed by atoms with van der Waals surface area (Å²) in [6.45, 7) is 1.84. The topological polar surface area (TPSA) is 131 Å². The van der Waals surface area contributed by atoms with Crippen LogP contribution in [0.4, 0.5) is 0 Å². The summed E-state index contributed by atoms with van der Waals surface area (Å²) >= 11 is 1.24. The molecule has 0 amide bonds. The van der Waals surface area contributed by atoms with Crippen molar-refractivity contribution in [3.8, 4) is 29.1 Å². The molecular formula is C29H24N4O4S. The lowest BCUT2D eigenvalue weighted by Gasteiger charge is -2.28. The van der Waals surface area contributed by atoms with Crippen LogP contribution >= 0.6 is 11.8 Å². The molecule has 0 radical (unpaired) electrons. The van der Waals surface area contributed by atoms with Gasteiger partial charge in [-0.15, -0.1) is 0 Å². The van der Waals surface area contributed by atoms with Crippen molar-refractivity contribution in [2.45, 2.75) is 17.9 Å². The Morgan fingerprint density at radius 2 is 1.82 bits per heavy atom. The van der Waals surface area contributed by atoms with Crippen LogP contribution in [-0.4, -0.2) is 30.4 Å². The van der Waals surface area contributed by atoms with E-state index in [4.69, 9.17) is 19.9 Å². The van der Waals surface area contributed by atoms with Crippen LogP contribution in [0.5, 0.6) is 5.75 Å². The van der Waals surface area contributed by atoms with Gasteiger partial charge in [0.1, 0.15) is 34.2 Å². The van der Waals surface area contributed by atoms with Gasteiger partial charge < -0.3 is 19.9 Å². The maximum absolute atomic E-state index is 13.2. The van der Waals surface area contributed by atoms with Crippen LogP contribution in [0.2, 0.25) is 0 Å². The minimum atomic E-state index is -0.798. The number of pyridine rings is 1. The van der Waals surface area contributed by atoms with Gasteiger partial charge in [-0.1, -0.05) is 54.2 Å². The van der Waals surface area contributed by atoms with Gasteiger partial charge in [0.25, 0.3) is 0 Å². The number of thioether (sulfide) groups is 1. The van der Waals surface area contributed by atoms with E-state index in [9.17, 15) is 15.3 Å². The van der Waals surface area contributed by atoms with Crippen LogP contribution < -0.4 is 10.5 Å². The first-order valence-corrected chi connectivity index (χ1v) is 12.7. The highest BCUT2D eigenvalue weighted by molar-refractivity contribution is 7.99. The molecule has 4 rings (SSSR count). The Morgan fingerprint density at radius 3 is 2.45 bits per heavy atom. The Bertz CT molecular complexity index is 1490. The largest absolute Gasteiger partial charge is 0.497 e. The number of hydrogen-bond donors (Lipinski definition) is 1. The molecule has 0 fully saturated rings. The Balaban J connectivity index is 1.76. The Kier molecular flexibility index (Phi) is 8.32. The second-order valence-corrected chi connectivity index (χ2v) is 9.04. The molecule has 2 heterocycles. The zero-order valence-electron chi connectivity index (χ0n) is 20.8. The first kappa shape index (κ1) is 26.3. The summed E-state index contributed by atoms with van der Waals surface area (Å²) in [4.78, 5) is 17.9. The van der Waals surface area contributed by atoms with E-state index in [1.165, 1.54) is 11.8 Å². The van der Waals surface area contributed by atoms with Crippen molar-refractivity contribution in [3.63, 3.8) is 0 Å². The van der Waals surface area contributed by atoms with Gasteiger partial charge in [-0.05, 0) is 36.8 Å². The van der Waals surface area contributed by atoms with E-state index in [0.717, 1.165) is 5.56 Å². The summed E-state index contributed by atoms with van der Waals surface area (Å²) in [5, 5.41) is 20.1. The second-order valence-electron chi connectivity index (χ2n) is 8.07. The van der Waals surface area contributed by atoms with Gasteiger partial charge >= 0.3 is 5.97 Å². The fourth-order valence-electron chi connectivity index (χ4n) is 4.03. The summed E-state index contributed by atoms with van der Waals surface area (Å²) in [5.41, 5.74) is 9.11. The maximum Gasteiger partial charge on any atom is 0.338 e. The van der Waals surface area contributed by atoms with Crippen molar-refractivity contribution < 1.29 is 19.0 Å². The van der Waals surface area contributed by atoms with E-state index in [0.29, 0.717) is 27.6 Å². The third-order valence-electron chi connectivity index (χ3n) is 5.83. The smallest absolute Gasteiger partial charge is 0.338 e. The molecule has 0 saturated carbocycles. The fourth-order valence-corrected chi connectivity index (χ4v) is 4.94. The first-order chi connectivity index (χ1) is 18.5. The molecule has 190 valence electrons. The molecule has 8 nitrogen and oxygen atoms in total. The maximum atomic E-state index is 13.2. The van der Waals surface area contributed by atoms with Crippen LogP contribution in [-0.2, 0) is 14.3 Å². The minimum absolute atomic E-state index is 0.0940. The van der Waals surface area contributed by atoms with Crippen LogP contribution in [0.25, 0.3) is 11.3 Å². The van der Waals surface area contributed by atoms with Gasteiger partial charge in [0, 0.05) is 5.56 Å². The van der Waals surface area contributed by atoms with Crippen LogP contribution in [0.15, 0.2) is 94.5 Å². The monoisotopic (exact) mass is 524 g/mol. The number of nitrogens with zero attached hydrogens (tertiary/aromatic N) is 3. The van der Waals surface area contributed by atoms with Gasteiger partial charge in [-0.25, -0.2) is 9.78 Å². The third kappa shape index (κ3) is 5.49. The van der Waals surface area contributed by atoms with Crippen LogP contribution in [0, 0.1) is 22.7 Å². The molecule has 3 aromatic rings. The van der Waals surface area contributed by atoms with Crippen molar-refractivity contribution in [3.05, 3.63) is 101 Å². The normalized spacial score (nSPS) is 14.8. The van der Waals surface area contributed by atoms with E-state index < -0.39 is 11.9 Å². The predicted molar refractivity (Wildman–Crippen MR) is 142 cm³/mol. The van der Waals surface area contributed by atoms with Crippen molar-refractivity contribution in [1.29, 1.82) is 10.5 Å². The van der Waals surface area contributed by atoms with E-state index in [-0.39, 0.29) is 35.1 Å².